The quantitative estimate of drug-likeness (QED) is 0.594. The van der Waals surface area contributed by atoms with Gasteiger partial charge >= 0.3 is 0 Å². The molecule has 1 aromatic carbocycles. The lowest BCUT2D eigenvalue weighted by molar-refractivity contribution is 0.562. The molecule has 0 radical (unpaired) electrons. The van der Waals surface area contributed by atoms with Gasteiger partial charge in [-0.05, 0) is 23.5 Å². The van der Waals surface area contributed by atoms with Crippen LogP contribution in [0, 0.1) is 5.92 Å². The van der Waals surface area contributed by atoms with Gasteiger partial charge in [-0.1, -0.05) is 56.7 Å². The molecule has 0 fully saturated rings. The topological polar surface area (TPSA) is 68.3 Å². The fourth-order valence-corrected chi connectivity index (χ4v) is 7.18. The lowest BCUT2D eigenvalue weighted by Crippen LogP contribution is -2.27. The molecule has 1 aliphatic carbocycles. The maximum atomic E-state index is 12.3. The highest BCUT2D eigenvalue weighted by atomic mass is 31.2. The zero-order valence-corrected chi connectivity index (χ0v) is 15.6. The van der Waals surface area contributed by atoms with E-state index in [-0.39, 0.29) is 22.6 Å². The van der Waals surface area contributed by atoms with Gasteiger partial charge in [0, 0.05) is 12.5 Å². The zero-order chi connectivity index (χ0) is 19.2. The summed E-state index contributed by atoms with van der Waals surface area (Å²) in [6, 6.07) is 9.23. The smallest absolute Gasteiger partial charge is 0.134 e. The highest BCUT2D eigenvalue weighted by Crippen LogP contribution is 2.56. The molecule has 4 nitrogen and oxygen atoms in total. The molecule has 0 aromatic heterocycles. The molecular formula is C21H19O4P. The lowest BCUT2D eigenvalue weighted by Gasteiger charge is -2.33. The van der Waals surface area contributed by atoms with Crippen LogP contribution >= 0.6 is 6.89 Å². The molecule has 132 valence electrons. The summed E-state index contributed by atoms with van der Waals surface area (Å²) in [7, 11) is 0. The van der Waals surface area contributed by atoms with Crippen LogP contribution in [0.5, 0.6) is 0 Å². The molecule has 0 amide bonds. The van der Waals surface area contributed by atoms with E-state index < -0.39 is 12.5 Å². The van der Waals surface area contributed by atoms with Crippen LogP contribution < -0.4 is 5.30 Å². The average molecular weight is 366 g/mol. The van der Waals surface area contributed by atoms with Crippen LogP contribution in [0.2, 0.25) is 0 Å². The normalized spacial score (nSPS) is 19.6. The van der Waals surface area contributed by atoms with E-state index in [9.17, 15) is 19.2 Å². The fourth-order valence-electron chi connectivity index (χ4n) is 3.17. The number of rotatable bonds is 5. The van der Waals surface area contributed by atoms with Crippen LogP contribution in [-0.4, -0.2) is 35.3 Å². The van der Waals surface area contributed by atoms with Gasteiger partial charge in [0.25, 0.3) is 0 Å². The second-order valence-electron chi connectivity index (χ2n) is 6.30. The maximum Gasteiger partial charge on any atom is 0.134 e. The standard InChI is InChI=1S/C21H19O4P/c1-3-16(2)14-26(15-25,18-7-5-4-6-8-18)21-10-9-17(11-22)19(12-23)20(21)13-24/h4-10,16,21H,3,14H2,1-2H3. The van der Waals surface area contributed by atoms with Crippen molar-refractivity contribution in [3.63, 3.8) is 0 Å². The van der Waals surface area contributed by atoms with E-state index in [2.05, 4.69) is 5.66 Å². The number of benzene rings is 1. The van der Waals surface area contributed by atoms with Gasteiger partial charge in [0.2, 0.25) is 0 Å². The highest BCUT2D eigenvalue weighted by Gasteiger charge is 2.39. The van der Waals surface area contributed by atoms with Crippen molar-refractivity contribution in [1.29, 1.82) is 0 Å². The Morgan fingerprint density at radius 1 is 1.04 bits per heavy atom. The second-order valence-corrected chi connectivity index (χ2v) is 9.66. The summed E-state index contributed by atoms with van der Waals surface area (Å²) >= 11 is 0. The van der Waals surface area contributed by atoms with E-state index in [1.165, 1.54) is 6.08 Å². The molecule has 0 saturated carbocycles. The molecule has 0 saturated heterocycles. The first-order valence-electron chi connectivity index (χ1n) is 8.34. The summed E-state index contributed by atoms with van der Waals surface area (Å²) < 4.78 is 0. The molecule has 3 atom stereocenters. The van der Waals surface area contributed by atoms with Gasteiger partial charge in [0.1, 0.15) is 23.5 Å². The molecular weight excluding hydrogens is 347 g/mol. The predicted molar refractivity (Wildman–Crippen MR) is 104 cm³/mol. The molecule has 0 bridgehead atoms. The highest BCUT2D eigenvalue weighted by molar-refractivity contribution is 7.82. The zero-order valence-electron chi connectivity index (χ0n) is 14.7. The number of allylic oxidation sites excluding steroid dienone is 5. The van der Waals surface area contributed by atoms with Crippen LogP contribution in [0.1, 0.15) is 20.3 Å². The SMILES string of the molecule is CCC(C)CP(=C=O)(c1ccccc1)C1C=CC(=C=O)C(=C=O)C1=C=O. The Kier molecular flexibility index (Phi) is 6.51. The van der Waals surface area contributed by atoms with E-state index in [1.807, 2.05) is 44.2 Å². The van der Waals surface area contributed by atoms with Gasteiger partial charge in [-0.2, -0.15) is 0 Å². The molecule has 0 spiro atoms. The Balaban J connectivity index is 2.82. The lowest BCUT2D eigenvalue weighted by atomic mass is 9.93. The van der Waals surface area contributed by atoms with E-state index in [0.717, 1.165) is 11.7 Å². The molecule has 3 unspecified atom stereocenters. The minimum absolute atomic E-state index is 0.00955. The van der Waals surface area contributed by atoms with Crippen LogP contribution in [0.4, 0.5) is 0 Å². The molecule has 0 heterocycles. The van der Waals surface area contributed by atoms with Crippen LogP contribution in [0.25, 0.3) is 0 Å². The van der Waals surface area contributed by atoms with Gasteiger partial charge in [-0.25, -0.2) is 19.2 Å². The van der Waals surface area contributed by atoms with Crippen molar-refractivity contribution in [3.8, 4) is 0 Å². The van der Waals surface area contributed by atoms with Crippen molar-refractivity contribution >= 4 is 35.7 Å². The fraction of sp³-hybridized carbons (Fsp3) is 0.286. The largest absolute Gasteiger partial charge is 0.234 e. The third-order valence-corrected chi connectivity index (χ3v) is 8.88. The predicted octanol–water partition coefficient (Wildman–Crippen LogP) is 2.66. The Hall–Kier alpha value is -2.68. The summed E-state index contributed by atoms with van der Waals surface area (Å²) in [5, 5.41) is 0.807. The van der Waals surface area contributed by atoms with Gasteiger partial charge in [-0.3, -0.25) is 0 Å². The van der Waals surface area contributed by atoms with Crippen molar-refractivity contribution in [1.82, 2.24) is 0 Å². The molecule has 26 heavy (non-hydrogen) atoms. The minimum Gasteiger partial charge on any atom is -0.234 e. The van der Waals surface area contributed by atoms with Crippen molar-refractivity contribution < 1.29 is 19.2 Å². The monoisotopic (exact) mass is 366 g/mol. The van der Waals surface area contributed by atoms with Crippen LogP contribution in [0.15, 0.2) is 59.2 Å². The van der Waals surface area contributed by atoms with E-state index in [0.29, 0.717) is 6.16 Å². The number of hydrogen-bond donors (Lipinski definition) is 0. The Labute approximate surface area is 152 Å². The van der Waals surface area contributed by atoms with Gasteiger partial charge in [-0.15, -0.1) is 0 Å². The minimum atomic E-state index is -2.67. The van der Waals surface area contributed by atoms with Gasteiger partial charge < -0.3 is 0 Å². The third-order valence-electron chi connectivity index (χ3n) is 4.75. The Bertz CT molecular complexity index is 947. The van der Waals surface area contributed by atoms with Crippen molar-refractivity contribution in [2.24, 2.45) is 5.92 Å². The first-order valence-corrected chi connectivity index (χ1v) is 10.4. The summed E-state index contributed by atoms with van der Waals surface area (Å²) in [6.45, 7) is 1.40. The first kappa shape index (κ1) is 19.6. The van der Waals surface area contributed by atoms with Gasteiger partial charge in [0.05, 0.1) is 16.7 Å². The number of carbonyl (C=O) groups excluding carboxylic acids is 4. The average Bonchev–Trinajstić information content (AvgIpc) is 2.71. The third kappa shape index (κ3) is 3.48. The summed E-state index contributed by atoms with van der Waals surface area (Å²) in [5.74, 6) is 5.31. The second kappa shape index (κ2) is 8.61. The molecule has 1 aliphatic rings. The van der Waals surface area contributed by atoms with Crippen LogP contribution in [0.3, 0.4) is 0 Å². The van der Waals surface area contributed by atoms with Crippen LogP contribution in [-0.2, 0) is 19.2 Å². The van der Waals surface area contributed by atoms with Crippen molar-refractivity contribution in [3.05, 3.63) is 59.2 Å². The van der Waals surface area contributed by atoms with Crippen molar-refractivity contribution in [2.75, 3.05) is 6.16 Å². The molecule has 5 heteroatoms. The summed E-state index contributed by atoms with van der Waals surface area (Å²) in [6.07, 6.45) is 4.48. The molecule has 2 rings (SSSR count). The number of hydrogen-bond acceptors (Lipinski definition) is 4. The maximum absolute atomic E-state index is 12.3. The molecule has 0 N–H and O–H groups in total. The Morgan fingerprint density at radius 3 is 2.23 bits per heavy atom. The summed E-state index contributed by atoms with van der Waals surface area (Å²) in [5.41, 5.74) is 1.40. The van der Waals surface area contributed by atoms with Gasteiger partial charge in [0.15, 0.2) is 0 Å². The van der Waals surface area contributed by atoms with Crippen molar-refractivity contribution in [2.45, 2.75) is 25.9 Å². The Morgan fingerprint density at radius 2 is 1.73 bits per heavy atom. The molecule has 0 aliphatic heterocycles. The first-order chi connectivity index (χ1) is 12.6. The van der Waals surface area contributed by atoms with E-state index >= 15 is 0 Å². The summed E-state index contributed by atoms with van der Waals surface area (Å²) in [4.78, 5) is 46.5. The molecule has 1 aromatic rings. The van der Waals surface area contributed by atoms with E-state index in [1.54, 1.807) is 23.9 Å². The van der Waals surface area contributed by atoms with E-state index in [4.69, 9.17) is 0 Å².